The highest BCUT2D eigenvalue weighted by atomic mass is 35.5. The standard InChI is InChI=1S/C21H18Cl3N3O2S/c1-3-27(11-17(28)26-18-15(23)8-5-9-16(18)24)21(29)19-12(2)25-20(30-19)13-6-4-7-14(22)10-13/h4-10H,3,11H2,1-2H3,(H,26,28). The van der Waals surface area contributed by atoms with Gasteiger partial charge in [0.2, 0.25) is 5.91 Å². The van der Waals surface area contributed by atoms with E-state index >= 15 is 0 Å². The first-order chi connectivity index (χ1) is 14.3. The third kappa shape index (κ3) is 5.13. The molecule has 0 atom stereocenters. The summed E-state index contributed by atoms with van der Waals surface area (Å²) in [7, 11) is 0. The van der Waals surface area contributed by atoms with E-state index in [1.54, 1.807) is 37.3 Å². The molecular formula is C21H18Cl3N3O2S. The number of nitrogens with zero attached hydrogens (tertiary/aromatic N) is 2. The molecule has 0 saturated heterocycles. The van der Waals surface area contributed by atoms with Crippen molar-refractivity contribution in [2.75, 3.05) is 18.4 Å². The van der Waals surface area contributed by atoms with Gasteiger partial charge < -0.3 is 10.2 Å². The second kappa shape index (κ2) is 9.79. The number of carbonyl (C=O) groups is 2. The summed E-state index contributed by atoms with van der Waals surface area (Å²) in [6, 6.07) is 12.2. The Hall–Kier alpha value is -2.12. The first-order valence-corrected chi connectivity index (χ1v) is 11.0. The number of halogens is 3. The van der Waals surface area contributed by atoms with Gasteiger partial charge in [0.25, 0.3) is 5.91 Å². The van der Waals surface area contributed by atoms with Crippen molar-refractivity contribution in [1.29, 1.82) is 0 Å². The van der Waals surface area contributed by atoms with Crippen molar-refractivity contribution in [3.05, 3.63) is 68.1 Å². The van der Waals surface area contributed by atoms with Gasteiger partial charge in [-0.3, -0.25) is 9.59 Å². The quantitative estimate of drug-likeness (QED) is 0.456. The van der Waals surface area contributed by atoms with Crippen molar-refractivity contribution in [1.82, 2.24) is 9.88 Å². The lowest BCUT2D eigenvalue weighted by atomic mass is 10.2. The van der Waals surface area contributed by atoms with E-state index in [0.717, 1.165) is 5.56 Å². The SMILES string of the molecule is CCN(CC(=O)Nc1c(Cl)cccc1Cl)C(=O)c1sc(-c2cccc(Cl)c2)nc1C. The fourth-order valence-electron chi connectivity index (χ4n) is 2.78. The molecule has 0 radical (unpaired) electrons. The molecule has 3 rings (SSSR count). The highest BCUT2D eigenvalue weighted by Gasteiger charge is 2.23. The van der Waals surface area contributed by atoms with Crippen LogP contribution in [0.15, 0.2) is 42.5 Å². The van der Waals surface area contributed by atoms with Gasteiger partial charge in [0.15, 0.2) is 0 Å². The molecule has 1 N–H and O–H groups in total. The summed E-state index contributed by atoms with van der Waals surface area (Å²) in [5, 5.41) is 4.63. The van der Waals surface area contributed by atoms with Crippen molar-refractivity contribution < 1.29 is 9.59 Å². The summed E-state index contributed by atoms with van der Waals surface area (Å²) < 4.78 is 0. The third-order valence-electron chi connectivity index (χ3n) is 4.29. The number of hydrogen-bond acceptors (Lipinski definition) is 4. The van der Waals surface area contributed by atoms with Gasteiger partial charge in [0.1, 0.15) is 16.4 Å². The van der Waals surface area contributed by atoms with Gasteiger partial charge in [-0.2, -0.15) is 0 Å². The first kappa shape index (κ1) is 22.6. The van der Waals surface area contributed by atoms with Gasteiger partial charge in [-0.25, -0.2) is 4.98 Å². The van der Waals surface area contributed by atoms with Gasteiger partial charge in [-0.15, -0.1) is 11.3 Å². The molecule has 0 aliphatic rings. The van der Waals surface area contributed by atoms with Crippen LogP contribution in [0.1, 0.15) is 22.3 Å². The van der Waals surface area contributed by atoms with Crippen LogP contribution >= 0.6 is 46.1 Å². The summed E-state index contributed by atoms with van der Waals surface area (Å²) in [4.78, 5) is 32.0. The van der Waals surface area contributed by atoms with Crippen LogP contribution in [0, 0.1) is 6.92 Å². The van der Waals surface area contributed by atoms with Crippen LogP contribution in [0.4, 0.5) is 5.69 Å². The highest BCUT2D eigenvalue weighted by molar-refractivity contribution is 7.17. The predicted molar refractivity (Wildman–Crippen MR) is 124 cm³/mol. The predicted octanol–water partition coefficient (Wildman–Crippen LogP) is 6.18. The monoisotopic (exact) mass is 481 g/mol. The average Bonchev–Trinajstić information content (AvgIpc) is 3.10. The molecule has 0 aliphatic carbocycles. The zero-order valence-electron chi connectivity index (χ0n) is 16.2. The van der Waals surface area contributed by atoms with Gasteiger partial charge >= 0.3 is 0 Å². The average molecular weight is 483 g/mol. The number of likely N-dealkylation sites (N-methyl/N-ethyl adjacent to an activating group) is 1. The van der Waals surface area contributed by atoms with E-state index in [2.05, 4.69) is 10.3 Å². The Bertz CT molecular complexity index is 1080. The van der Waals surface area contributed by atoms with Crippen LogP contribution in [0.25, 0.3) is 10.6 Å². The van der Waals surface area contributed by atoms with Crippen molar-refractivity contribution in [3.8, 4) is 10.6 Å². The summed E-state index contributed by atoms with van der Waals surface area (Å²) in [5.74, 6) is -0.654. The topological polar surface area (TPSA) is 62.3 Å². The zero-order valence-corrected chi connectivity index (χ0v) is 19.3. The fraction of sp³-hybridized carbons (Fsp3) is 0.190. The van der Waals surface area contributed by atoms with Crippen LogP contribution in [0.2, 0.25) is 15.1 Å². The number of aryl methyl sites for hydroxylation is 1. The molecule has 0 spiro atoms. The van der Waals surface area contributed by atoms with Crippen molar-refractivity contribution >= 4 is 63.6 Å². The molecule has 2 amide bonds. The Kier molecular flexibility index (Phi) is 7.36. The van der Waals surface area contributed by atoms with Crippen molar-refractivity contribution in [3.63, 3.8) is 0 Å². The summed E-state index contributed by atoms with van der Waals surface area (Å²) in [6.45, 7) is 3.80. The van der Waals surface area contributed by atoms with Gasteiger partial charge in [0, 0.05) is 17.1 Å². The molecule has 0 unspecified atom stereocenters. The number of hydrogen-bond donors (Lipinski definition) is 1. The largest absolute Gasteiger partial charge is 0.329 e. The Morgan fingerprint density at radius 2 is 1.77 bits per heavy atom. The van der Waals surface area contributed by atoms with Crippen LogP contribution in [0.3, 0.4) is 0 Å². The number of para-hydroxylation sites is 1. The van der Waals surface area contributed by atoms with Crippen molar-refractivity contribution in [2.24, 2.45) is 0 Å². The van der Waals surface area contributed by atoms with Crippen LogP contribution in [-0.4, -0.2) is 34.8 Å². The molecule has 0 bridgehead atoms. The van der Waals surface area contributed by atoms with E-state index in [1.165, 1.54) is 16.2 Å². The second-order valence-corrected chi connectivity index (χ2v) is 8.66. The van der Waals surface area contributed by atoms with E-state index in [4.69, 9.17) is 34.8 Å². The normalized spacial score (nSPS) is 10.7. The number of rotatable bonds is 6. The summed E-state index contributed by atoms with van der Waals surface area (Å²) in [5.41, 5.74) is 1.77. The fourth-order valence-corrected chi connectivity index (χ4v) is 4.49. The van der Waals surface area contributed by atoms with Gasteiger partial charge in [-0.05, 0) is 38.1 Å². The molecule has 5 nitrogen and oxygen atoms in total. The number of anilines is 1. The second-order valence-electron chi connectivity index (χ2n) is 6.41. The lowest BCUT2D eigenvalue weighted by Gasteiger charge is -2.20. The molecule has 0 fully saturated rings. The van der Waals surface area contributed by atoms with E-state index in [0.29, 0.717) is 42.9 Å². The van der Waals surface area contributed by atoms with Crippen LogP contribution < -0.4 is 5.32 Å². The highest BCUT2D eigenvalue weighted by Crippen LogP contribution is 2.31. The van der Waals surface area contributed by atoms with Crippen molar-refractivity contribution in [2.45, 2.75) is 13.8 Å². The molecule has 3 aromatic rings. The van der Waals surface area contributed by atoms with E-state index < -0.39 is 5.91 Å². The van der Waals surface area contributed by atoms with E-state index in [-0.39, 0.29) is 12.5 Å². The van der Waals surface area contributed by atoms with Crippen LogP contribution in [0.5, 0.6) is 0 Å². The smallest absolute Gasteiger partial charge is 0.266 e. The molecule has 0 saturated carbocycles. The maximum absolute atomic E-state index is 13.1. The number of benzene rings is 2. The first-order valence-electron chi connectivity index (χ1n) is 9.06. The number of carbonyl (C=O) groups excluding carboxylic acids is 2. The number of thiazole rings is 1. The lowest BCUT2D eigenvalue weighted by Crippen LogP contribution is -2.37. The molecule has 1 heterocycles. The minimum absolute atomic E-state index is 0.138. The molecule has 156 valence electrons. The molecule has 0 aliphatic heterocycles. The zero-order chi connectivity index (χ0) is 21.8. The Morgan fingerprint density at radius 3 is 2.40 bits per heavy atom. The van der Waals surface area contributed by atoms with Crippen LogP contribution in [-0.2, 0) is 4.79 Å². The minimum atomic E-state index is -0.391. The molecule has 30 heavy (non-hydrogen) atoms. The Morgan fingerprint density at radius 1 is 1.10 bits per heavy atom. The third-order valence-corrected chi connectivity index (χ3v) is 6.35. The van der Waals surface area contributed by atoms with Gasteiger partial charge in [-0.1, -0.05) is 53.0 Å². The summed E-state index contributed by atoms with van der Waals surface area (Å²) in [6.07, 6.45) is 0. The summed E-state index contributed by atoms with van der Waals surface area (Å²) >= 11 is 19.5. The molecular weight excluding hydrogens is 465 g/mol. The minimum Gasteiger partial charge on any atom is -0.329 e. The number of amides is 2. The Labute approximate surface area is 193 Å². The lowest BCUT2D eigenvalue weighted by molar-refractivity contribution is -0.116. The Balaban J connectivity index is 1.77. The maximum Gasteiger partial charge on any atom is 0.266 e. The number of aromatic nitrogens is 1. The van der Waals surface area contributed by atoms with E-state index in [1.807, 2.05) is 19.1 Å². The van der Waals surface area contributed by atoms with E-state index in [9.17, 15) is 9.59 Å². The number of nitrogens with one attached hydrogen (secondary N) is 1. The molecule has 9 heteroatoms. The van der Waals surface area contributed by atoms with Gasteiger partial charge in [0.05, 0.1) is 21.4 Å². The maximum atomic E-state index is 13.1. The molecule has 1 aromatic heterocycles. The molecule has 2 aromatic carbocycles.